The average molecular weight is 351 g/mol. The van der Waals surface area contributed by atoms with E-state index in [-0.39, 0.29) is 5.91 Å². The highest BCUT2D eigenvalue weighted by molar-refractivity contribution is 9.10. The molecule has 0 aliphatic heterocycles. The predicted octanol–water partition coefficient (Wildman–Crippen LogP) is 4.07. The van der Waals surface area contributed by atoms with Crippen LogP contribution in [0.4, 0.5) is 11.4 Å². The van der Waals surface area contributed by atoms with Crippen molar-refractivity contribution < 1.29 is 4.79 Å². The molecule has 0 fully saturated rings. The highest BCUT2D eigenvalue weighted by atomic mass is 79.9. The van der Waals surface area contributed by atoms with Crippen LogP contribution in [0.15, 0.2) is 51.8 Å². The standard InChI is InChI=1S/C15H15BrN2OS/c1-10-13(17)3-2-4-14(10)18-15(19)9-20-12-7-5-11(16)6-8-12/h2-8H,9,17H2,1H3,(H,18,19). The first kappa shape index (κ1) is 14.9. The maximum absolute atomic E-state index is 11.9. The molecule has 2 rings (SSSR count). The summed E-state index contributed by atoms with van der Waals surface area (Å²) in [5.41, 5.74) is 8.17. The average Bonchev–Trinajstić information content (AvgIpc) is 2.43. The monoisotopic (exact) mass is 350 g/mol. The zero-order chi connectivity index (χ0) is 14.5. The quantitative estimate of drug-likeness (QED) is 0.645. The number of carbonyl (C=O) groups excluding carboxylic acids is 1. The minimum Gasteiger partial charge on any atom is -0.398 e. The number of carbonyl (C=O) groups is 1. The van der Waals surface area contributed by atoms with Crippen molar-refractivity contribution in [3.63, 3.8) is 0 Å². The van der Waals surface area contributed by atoms with Crippen LogP contribution in [0.1, 0.15) is 5.56 Å². The summed E-state index contributed by atoms with van der Waals surface area (Å²) in [6.07, 6.45) is 0. The van der Waals surface area contributed by atoms with Crippen LogP contribution in [-0.4, -0.2) is 11.7 Å². The Hall–Kier alpha value is -1.46. The van der Waals surface area contributed by atoms with E-state index in [1.807, 2.05) is 49.4 Å². The third-order valence-electron chi connectivity index (χ3n) is 2.83. The second-order valence-electron chi connectivity index (χ2n) is 4.31. The highest BCUT2D eigenvalue weighted by Gasteiger charge is 2.07. The first-order valence-electron chi connectivity index (χ1n) is 6.09. The Morgan fingerprint density at radius 1 is 1.25 bits per heavy atom. The minimum absolute atomic E-state index is 0.0355. The summed E-state index contributed by atoms with van der Waals surface area (Å²) < 4.78 is 1.03. The number of nitrogen functional groups attached to an aromatic ring is 1. The lowest BCUT2D eigenvalue weighted by atomic mass is 10.1. The van der Waals surface area contributed by atoms with Crippen LogP contribution >= 0.6 is 27.7 Å². The van der Waals surface area contributed by atoms with Gasteiger partial charge < -0.3 is 11.1 Å². The number of halogens is 1. The zero-order valence-corrected chi connectivity index (χ0v) is 13.4. The molecule has 0 bridgehead atoms. The Bertz CT molecular complexity index is 614. The van der Waals surface area contributed by atoms with Gasteiger partial charge >= 0.3 is 0 Å². The molecule has 3 nitrogen and oxygen atoms in total. The summed E-state index contributed by atoms with van der Waals surface area (Å²) >= 11 is 4.89. The molecule has 5 heteroatoms. The molecular formula is C15H15BrN2OS. The first-order chi connectivity index (χ1) is 9.56. The second-order valence-corrected chi connectivity index (χ2v) is 6.28. The van der Waals surface area contributed by atoms with Gasteiger partial charge in [-0.15, -0.1) is 11.8 Å². The Labute approximate surface area is 131 Å². The van der Waals surface area contributed by atoms with Crippen LogP contribution < -0.4 is 11.1 Å². The van der Waals surface area contributed by atoms with Gasteiger partial charge in [-0.25, -0.2) is 0 Å². The molecule has 0 aliphatic rings. The number of hydrogen-bond acceptors (Lipinski definition) is 3. The molecule has 2 aromatic carbocycles. The van der Waals surface area contributed by atoms with Gasteiger partial charge in [-0.3, -0.25) is 4.79 Å². The molecule has 2 aromatic rings. The third kappa shape index (κ3) is 4.02. The van der Waals surface area contributed by atoms with Crippen molar-refractivity contribution in [3.05, 3.63) is 52.5 Å². The van der Waals surface area contributed by atoms with Gasteiger partial charge in [0.05, 0.1) is 5.75 Å². The summed E-state index contributed by atoms with van der Waals surface area (Å²) in [4.78, 5) is 13.0. The maximum atomic E-state index is 11.9. The van der Waals surface area contributed by atoms with Crippen LogP contribution in [0.2, 0.25) is 0 Å². The SMILES string of the molecule is Cc1c(N)cccc1NC(=O)CSc1ccc(Br)cc1. The van der Waals surface area contributed by atoms with Gasteiger partial charge in [-0.1, -0.05) is 22.0 Å². The number of rotatable bonds is 4. The van der Waals surface area contributed by atoms with Crippen molar-refractivity contribution in [1.29, 1.82) is 0 Å². The predicted molar refractivity (Wildman–Crippen MR) is 89.1 cm³/mol. The Morgan fingerprint density at radius 3 is 2.65 bits per heavy atom. The Morgan fingerprint density at radius 2 is 1.95 bits per heavy atom. The zero-order valence-electron chi connectivity index (χ0n) is 11.0. The van der Waals surface area contributed by atoms with Crippen molar-refractivity contribution in [2.24, 2.45) is 0 Å². The summed E-state index contributed by atoms with van der Waals surface area (Å²) in [6.45, 7) is 1.90. The fourth-order valence-corrected chi connectivity index (χ4v) is 2.62. The molecule has 104 valence electrons. The van der Waals surface area contributed by atoms with E-state index >= 15 is 0 Å². The number of hydrogen-bond donors (Lipinski definition) is 2. The molecule has 0 unspecified atom stereocenters. The van der Waals surface area contributed by atoms with Crippen LogP contribution in [0.3, 0.4) is 0 Å². The van der Waals surface area contributed by atoms with Gasteiger partial charge in [0, 0.05) is 20.7 Å². The van der Waals surface area contributed by atoms with E-state index in [0.717, 1.165) is 20.6 Å². The van der Waals surface area contributed by atoms with Crippen LogP contribution in [0.25, 0.3) is 0 Å². The molecule has 0 saturated carbocycles. The molecule has 0 aliphatic carbocycles. The third-order valence-corrected chi connectivity index (χ3v) is 4.37. The van der Waals surface area contributed by atoms with E-state index in [1.165, 1.54) is 11.8 Å². The van der Waals surface area contributed by atoms with E-state index in [9.17, 15) is 4.79 Å². The van der Waals surface area contributed by atoms with Crippen LogP contribution in [0, 0.1) is 6.92 Å². The Balaban J connectivity index is 1.92. The lowest BCUT2D eigenvalue weighted by Crippen LogP contribution is -2.15. The van der Waals surface area contributed by atoms with E-state index in [0.29, 0.717) is 11.4 Å². The van der Waals surface area contributed by atoms with E-state index in [4.69, 9.17) is 5.73 Å². The van der Waals surface area contributed by atoms with Gasteiger partial charge in [0.25, 0.3) is 0 Å². The molecule has 3 N–H and O–H groups in total. The van der Waals surface area contributed by atoms with Crippen molar-refractivity contribution in [2.75, 3.05) is 16.8 Å². The summed E-state index contributed by atoms with van der Waals surface area (Å²) in [5, 5.41) is 2.88. The second kappa shape index (κ2) is 6.81. The van der Waals surface area contributed by atoms with E-state index in [2.05, 4.69) is 21.2 Å². The lowest BCUT2D eigenvalue weighted by Gasteiger charge is -2.10. The van der Waals surface area contributed by atoms with Gasteiger partial charge in [-0.05, 0) is 48.9 Å². The Kier molecular flexibility index (Phi) is 5.09. The number of nitrogens with two attached hydrogens (primary N) is 1. The van der Waals surface area contributed by atoms with Gasteiger partial charge in [0.1, 0.15) is 0 Å². The molecule has 1 amide bonds. The topological polar surface area (TPSA) is 55.1 Å². The number of amides is 1. The lowest BCUT2D eigenvalue weighted by molar-refractivity contribution is -0.113. The molecule has 0 radical (unpaired) electrons. The highest BCUT2D eigenvalue weighted by Crippen LogP contribution is 2.23. The van der Waals surface area contributed by atoms with Crippen molar-refractivity contribution in [3.8, 4) is 0 Å². The normalized spacial score (nSPS) is 10.3. The van der Waals surface area contributed by atoms with Crippen LogP contribution in [-0.2, 0) is 4.79 Å². The van der Waals surface area contributed by atoms with E-state index < -0.39 is 0 Å². The number of benzene rings is 2. The molecule has 0 heterocycles. The van der Waals surface area contributed by atoms with Crippen molar-refractivity contribution >= 4 is 45.0 Å². The molecule has 0 spiro atoms. The number of nitrogens with one attached hydrogen (secondary N) is 1. The number of anilines is 2. The molecule has 0 saturated heterocycles. The smallest absolute Gasteiger partial charge is 0.234 e. The van der Waals surface area contributed by atoms with Crippen molar-refractivity contribution in [1.82, 2.24) is 0 Å². The summed E-state index contributed by atoms with van der Waals surface area (Å²) in [7, 11) is 0. The largest absolute Gasteiger partial charge is 0.398 e. The fraction of sp³-hybridized carbons (Fsp3) is 0.133. The van der Waals surface area contributed by atoms with Crippen molar-refractivity contribution in [2.45, 2.75) is 11.8 Å². The van der Waals surface area contributed by atoms with Gasteiger partial charge in [-0.2, -0.15) is 0 Å². The number of thioether (sulfide) groups is 1. The minimum atomic E-state index is -0.0355. The molecule has 20 heavy (non-hydrogen) atoms. The maximum Gasteiger partial charge on any atom is 0.234 e. The van der Waals surface area contributed by atoms with Gasteiger partial charge in [0.2, 0.25) is 5.91 Å². The van der Waals surface area contributed by atoms with Crippen LogP contribution in [0.5, 0.6) is 0 Å². The fourth-order valence-electron chi connectivity index (χ4n) is 1.65. The van der Waals surface area contributed by atoms with Gasteiger partial charge in [0.15, 0.2) is 0 Å². The molecular weight excluding hydrogens is 336 g/mol. The summed E-state index contributed by atoms with van der Waals surface area (Å²) in [6, 6.07) is 13.4. The molecule has 0 aromatic heterocycles. The first-order valence-corrected chi connectivity index (χ1v) is 7.87. The molecule has 0 atom stereocenters. The van der Waals surface area contributed by atoms with E-state index in [1.54, 1.807) is 0 Å². The summed E-state index contributed by atoms with van der Waals surface area (Å²) in [5.74, 6) is 0.335.